The molecule has 2 N–H and O–H groups in total. The van der Waals surface area contributed by atoms with E-state index in [1.807, 2.05) is 4.68 Å². The van der Waals surface area contributed by atoms with Crippen molar-refractivity contribution in [3.8, 4) is 0 Å². The molecule has 4 heteroatoms. The van der Waals surface area contributed by atoms with Crippen molar-refractivity contribution in [1.29, 1.82) is 0 Å². The molecule has 1 aliphatic rings. The number of nitrogens with zero attached hydrogens (tertiary/aromatic N) is 3. The zero-order chi connectivity index (χ0) is 9.64. The molecule has 1 heterocycles. The van der Waals surface area contributed by atoms with Gasteiger partial charge in [-0.3, -0.25) is 4.68 Å². The van der Waals surface area contributed by atoms with Crippen molar-refractivity contribution in [2.45, 2.75) is 39.3 Å². The Hall–Kier alpha value is -0.900. The minimum Gasteiger partial charge on any atom is -0.327 e. The molecule has 2 rings (SSSR count). The first kappa shape index (κ1) is 8.69. The molecule has 0 saturated heterocycles. The van der Waals surface area contributed by atoms with Crippen molar-refractivity contribution in [3.05, 3.63) is 12.2 Å². The number of aromatic nitrogens is 3. The summed E-state index contributed by atoms with van der Waals surface area (Å²) in [5.74, 6) is 1.43. The lowest BCUT2D eigenvalue weighted by molar-refractivity contribution is 0.556. The molecule has 4 nitrogen and oxygen atoms in total. The van der Waals surface area contributed by atoms with Gasteiger partial charge >= 0.3 is 0 Å². The van der Waals surface area contributed by atoms with Crippen LogP contribution < -0.4 is 5.73 Å². The molecule has 0 bridgehead atoms. The Balaban J connectivity index is 2.28. The van der Waals surface area contributed by atoms with Crippen LogP contribution in [0.5, 0.6) is 0 Å². The van der Waals surface area contributed by atoms with Gasteiger partial charge in [-0.25, -0.2) is 4.98 Å². The first-order chi connectivity index (χ1) is 6.09. The Morgan fingerprint density at radius 1 is 1.62 bits per heavy atom. The van der Waals surface area contributed by atoms with Gasteiger partial charge in [-0.1, -0.05) is 13.8 Å². The van der Waals surface area contributed by atoms with Crippen molar-refractivity contribution in [3.63, 3.8) is 0 Å². The Labute approximate surface area is 78.1 Å². The predicted octanol–water partition coefficient (Wildman–Crippen LogP) is 0.749. The summed E-state index contributed by atoms with van der Waals surface area (Å²) in [4.78, 5) is 4.27. The maximum Gasteiger partial charge on any atom is 0.138 e. The Morgan fingerprint density at radius 2 is 2.23 bits per heavy atom. The largest absolute Gasteiger partial charge is 0.327 e. The quantitative estimate of drug-likeness (QED) is 0.730. The van der Waals surface area contributed by atoms with Crippen LogP contribution in [-0.4, -0.2) is 20.8 Å². The Bertz CT molecular complexity index is 315. The van der Waals surface area contributed by atoms with Gasteiger partial charge in [0.1, 0.15) is 12.2 Å². The monoisotopic (exact) mass is 180 g/mol. The molecule has 13 heavy (non-hydrogen) atoms. The summed E-state index contributed by atoms with van der Waals surface area (Å²) in [6.07, 6.45) is 1.61. The van der Waals surface area contributed by atoms with Crippen molar-refractivity contribution >= 4 is 0 Å². The van der Waals surface area contributed by atoms with Gasteiger partial charge in [0.05, 0.1) is 0 Å². The van der Waals surface area contributed by atoms with Crippen molar-refractivity contribution in [2.24, 2.45) is 11.1 Å². The highest BCUT2D eigenvalue weighted by atomic mass is 15.3. The van der Waals surface area contributed by atoms with Crippen LogP contribution in [0.25, 0.3) is 0 Å². The van der Waals surface area contributed by atoms with Gasteiger partial charge in [0, 0.05) is 18.5 Å². The molecule has 0 spiro atoms. The van der Waals surface area contributed by atoms with E-state index in [9.17, 15) is 0 Å². The molecule has 0 amide bonds. The topological polar surface area (TPSA) is 56.7 Å². The van der Waals surface area contributed by atoms with Crippen molar-refractivity contribution < 1.29 is 0 Å². The zero-order valence-electron chi connectivity index (χ0n) is 8.36. The number of hydrogen-bond donors (Lipinski definition) is 1. The second kappa shape index (κ2) is 2.54. The molecule has 0 aliphatic heterocycles. The summed E-state index contributed by atoms with van der Waals surface area (Å²) in [7, 11) is 0. The maximum absolute atomic E-state index is 5.98. The highest BCUT2D eigenvalue weighted by Gasteiger charge is 2.58. The Morgan fingerprint density at radius 3 is 2.69 bits per heavy atom. The normalized spacial score (nSPS) is 30.5. The summed E-state index contributed by atoms with van der Waals surface area (Å²) in [5, 5.41) is 4.15. The summed E-state index contributed by atoms with van der Waals surface area (Å²) in [6, 6.07) is 0.238. The predicted molar refractivity (Wildman–Crippen MR) is 50.2 cm³/mol. The summed E-state index contributed by atoms with van der Waals surface area (Å²) in [5.41, 5.74) is 6.17. The van der Waals surface area contributed by atoms with E-state index in [4.69, 9.17) is 5.73 Å². The van der Waals surface area contributed by atoms with Gasteiger partial charge in [0.15, 0.2) is 0 Å². The van der Waals surface area contributed by atoms with Crippen LogP contribution in [0.4, 0.5) is 0 Å². The third kappa shape index (κ3) is 1.09. The zero-order valence-corrected chi connectivity index (χ0v) is 8.36. The van der Waals surface area contributed by atoms with Crippen LogP contribution in [-0.2, 0) is 6.54 Å². The minimum atomic E-state index is 0.194. The summed E-state index contributed by atoms with van der Waals surface area (Å²) < 4.78 is 1.93. The van der Waals surface area contributed by atoms with Gasteiger partial charge in [-0.05, 0) is 12.3 Å². The first-order valence-electron chi connectivity index (χ1n) is 4.72. The summed E-state index contributed by atoms with van der Waals surface area (Å²) in [6.45, 7) is 7.29. The molecule has 0 radical (unpaired) electrons. The van der Waals surface area contributed by atoms with E-state index in [1.54, 1.807) is 6.33 Å². The van der Waals surface area contributed by atoms with Crippen LogP contribution in [0.2, 0.25) is 0 Å². The average molecular weight is 180 g/mol. The number of hydrogen-bond acceptors (Lipinski definition) is 3. The van der Waals surface area contributed by atoms with E-state index in [1.165, 1.54) is 0 Å². The summed E-state index contributed by atoms with van der Waals surface area (Å²) >= 11 is 0. The fourth-order valence-electron chi connectivity index (χ4n) is 1.93. The maximum atomic E-state index is 5.98. The lowest BCUT2D eigenvalue weighted by atomic mass is 10.1. The number of rotatable bonds is 2. The van der Waals surface area contributed by atoms with E-state index in [0.29, 0.717) is 5.92 Å². The van der Waals surface area contributed by atoms with E-state index >= 15 is 0 Å². The van der Waals surface area contributed by atoms with Crippen LogP contribution in [0.1, 0.15) is 32.5 Å². The van der Waals surface area contributed by atoms with Crippen molar-refractivity contribution in [2.75, 3.05) is 0 Å². The molecule has 0 unspecified atom stereocenters. The SMILES string of the molecule is CCn1ncnc1[C@@H]1[C@@H](N)C1(C)C. The minimum absolute atomic E-state index is 0.194. The molecular weight excluding hydrogens is 164 g/mol. The van der Waals surface area contributed by atoms with Crippen LogP contribution >= 0.6 is 0 Å². The van der Waals surface area contributed by atoms with Crippen LogP contribution in [0.15, 0.2) is 6.33 Å². The fourth-order valence-corrected chi connectivity index (χ4v) is 1.93. The molecule has 1 aromatic heterocycles. The van der Waals surface area contributed by atoms with E-state index in [0.717, 1.165) is 12.4 Å². The molecule has 72 valence electrons. The second-order valence-corrected chi connectivity index (χ2v) is 4.26. The number of aryl methyl sites for hydroxylation is 1. The molecular formula is C9H16N4. The highest BCUT2D eigenvalue weighted by Crippen LogP contribution is 2.56. The Kier molecular flexibility index (Phi) is 1.70. The van der Waals surface area contributed by atoms with Gasteiger partial charge in [-0.15, -0.1) is 0 Å². The first-order valence-corrected chi connectivity index (χ1v) is 4.72. The van der Waals surface area contributed by atoms with E-state index in [2.05, 4.69) is 30.9 Å². The van der Waals surface area contributed by atoms with E-state index in [-0.39, 0.29) is 11.5 Å². The van der Waals surface area contributed by atoms with Gasteiger partial charge in [-0.2, -0.15) is 5.10 Å². The molecule has 1 saturated carbocycles. The van der Waals surface area contributed by atoms with Crippen LogP contribution in [0, 0.1) is 5.41 Å². The smallest absolute Gasteiger partial charge is 0.138 e. The van der Waals surface area contributed by atoms with Gasteiger partial charge in [0.25, 0.3) is 0 Å². The van der Waals surface area contributed by atoms with Crippen molar-refractivity contribution in [1.82, 2.24) is 14.8 Å². The highest BCUT2D eigenvalue weighted by molar-refractivity contribution is 5.24. The standard InChI is InChI=1S/C9H16N4/c1-4-13-8(11-5-12-13)6-7(10)9(6,2)3/h5-7H,4,10H2,1-3H3/t6-,7+/m0/s1. The lowest BCUT2D eigenvalue weighted by Gasteiger charge is -2.03. The molecule has 1 fully saturated rings. The fraction of sp³-hybridized carbons (Fsp3) is 0.778. The van der Waals surface area contributed by atoms with Gasteiger partial charge < -0.3 is 5.73 Å². The molecule has 0 aromatic carbocycles. The third-order valence-corrected chi connectivity index (χ3v) is 3.13. The lowest BCUT2D eigenvalue weighted by Crippen LogP contribution is -2.08. The van der Waals surface area contributed by atoms with Gasteiger partial charge in [0.2, 0.25) is 0 Å². The molecule has 1 aliphatic carbocycles. The molecule has 1 aromatic rings. The van der Waals surface area contributed by atoms with Crippen LogP contribution in [0.3, 0.4) is 0 Å². The second-order valence-electron chi connectivity index (χ2n) is 4.26. The van der Waals surface area contributed by atoms with E-state index < -0.39 is 0 Å². The number of nitrogens with two attached hydrogens (primary N) is 1. The third-order valence-electron chi connectivity index (χ3n) is 3.13. The average Bonchev–Trinajstić information content (AvgIpc) is 2.54. The molecule has 2 atom stereocenters.